The van der Waals surface area contributed by atoms with E-state index >= 15 is 0 Å². The first kappa shape index (κ1) is 15.3. The third-order valence-electron chi connectivity index (χ3n) is 3.28. The monoisotopic (exact) mass is 288 g/mol. The van der Waals surface area contributed by atoms with Crippen LogP contribution in [0.25, 0.3) is 0 Å². The van der Waals surface area contributed by atoms with Gasteiger partial charge in [0.15, 0.2) is 0 Å². The second-order valence-corrected chi connectivity index (χ2v) is 4.84. The molecule has 1 heterocycles. The van der Waals surface area contributed by atoms with E-state index in [9.17, 15) is 9.90 Å². The minimum atomic E-state index is -0.385. The van der Waals surface area contributed by atoms with Gasteiger partial charge in [-0.2, -0.15) is 0 Å². The fraction of sp³-hybridized carbons (Fsp3) is 0.312. The van der Waals surface area contributed by atoms with E-state index in [0.717, 1.165) is 12.1 Å². The van der Waals surface area contributed by atoms with E-state index in [-0.39, 0.29) is 18.6 Å². The van der Waals surface area contributed by atoms with Crippen molar-refractivity contribution in [3.63, 3.8) is 0 Å². The topological polar surface area (TPSA) is 74.3 Å². The maximum Gasteiger partial charge on any atom is 0.354 e. The Bertz CT molecular complexity index is 566. The Morgan fingerprint density at radius 1 is 1.29 bits per heavy atom. The molecular formula is C16H20N2O3. The fourth-order valence-corrected chi connectivity index (χ4v) is 2.13. The van der Waals surface area contributed by atoms with Gasteiger partial charge in [-0.05, 0) is 24.1 Å². The molecule has 2 aromatic rings. The molecule has 0 saturated carbocycles. The number of hydrogen-bond acceptors (Lipinski definition) is 4. The van der Waals surface area contributed by atoms with Crippen molar-refractivity contribution in [1.82, 2.24) is 10.3 Å². The summed E-state index contributed by atoms with van der Waals surface area (Å²) in [4.78, 5) is 14.3. The third kappa shape index (κ3) is 4.44. The second kappa shape index (κ2) is 7.61. The molecule has 0 aliphatic heterocycles. The summed E-state index contributed by atoms with van der Waals surface area (Å²) in [5, 5.41) is 12.7. The van der Waals surface area contributed by atoms with Gasteiger partial charge < -0.3 is 20.1 Å². The van der Waals surface area contributed by atoms with Crippen LogP contribution in [0, 0.1) is 0 Å². The molecule has 0 aliphatic carbocycles. The molecule has 0 saturated heterocycles. The number of aliphatic hydroxyl groups is 1. The first-order chi connectivity index (χ1) is 10.2. The van der Waals surface area contributed by atoms with Gasteiger partial charge in [0.1, 0.15) is 5.69 Å². The average molecular weight is 288 g/mol. The Labute approximate surface area is 124 Å². The standard InChI is InChI=1S/C16H20N2O3/c1-21-16(20)15-8-7-13(18-15)10-17-14(11-19)9-12-5-3-2-4-6-12/h2-8,14,17-19H,9-11H2,1H3/t14-/m0/s1. The van der Waals surface area contributed by atoms with Crippen LogP contribution in [0.15, 0.2) is 42.5 Å². The van der Waals surface area contributed by atoms with E-state index in [1.807, 2.05) is 36.4 Å². The molecule has 0 bridgehead atoms. The highest BCUT2D eigenvalue weighted by molar-refractivity contribution is 5.87. The summed E-state index contributed by atoms with van der Waals surface area (Å²) in [6.45, 7) is 0.606. The number of rotatable bonds is 7. The Morgan fingerprint density at radius 3 is 2.71 bits per heavy atom. The van der Waals surface area contributed by atoms with Crippen LogP contribution in [0.3, 0.4) is 0 Å². The molecule has 1 aromatic heterocycles. The van der Waals surface area contributed by atoms with Crippen molar-refractivity contribution in [2.24, 2.45) is 0 Å². The van der Waals surface area contributed by atoms with Crippen molar-refractivity contribution in [3.05, 3.63) is 59.4 Å². The molecule has 0 spiro atoms. The number of hydrogen-bond donors (Lipinski definition) is 3. The molecule has 1 aromatic carbocycles. The summed E-state index contributed by atoms with van der Waals surface area (Å²) in [7, 11) is 1.35. The van der Waals surface area contributed by atoms with Gasteiger partial charge in [-0.15, -0.1) is 0 Å². The maximum absolute atomic E-state index is 11.3. The molecule has 5 nitrogen and oxygen atoms in total. The smallest absolute Gasteiger partial charge is 0.354 e. The summed E-state index contributed by atoms with van der Waals surface area (Å²) < 4.78 is 4.64. The van der Waals surface area contributed by atoms with Crippen LogP contribution in [-0.4, -0.2) is 35.8 Å². The number of benzene rings is 1. The van der Waals surface area contributed by atoms with Crippen LogP contribution in [0.5, 0.6) is 0 Å². The lowest BCUT2D eigenvalue weighted by molar-refractivity contribution is 0.0594. The summed E-state index contributed by atoms with van der Waals surface area (Å²) in [6.07, 6.45) is 0.752. The van der Waals surface area contributed by atoms with E-state index in [1.54, 1.807) is 6.07 Å². The minimum Gasteiger partial charge on any atom is -0.464 e. The number of aliphatic hydroxyl groups excluding tert-OH is 1. The second-order valence-electron chi connectivity index (χ2n) is 4.84. The number of carbonyl (C=O) groups is 1. The predicted molar refractivity (Wildman–Crippen MR) is 80.0 cm³/mol. The van der Waals surface area contributed by atoms with Gasteiger partial charge in [0, 0.05) is 18.3 Å². The van der Waals surface area contributed by atoms with Gasteiger partial charge in [-0.3, -0.25) is 0 Å². The van der Waals surface area contributed by atoms with Crippen molar-refractivity contribution in [2.45, 2.75) is 19.0 Å². The van der Waals surface area contributed by atoms with Crippen LogP contribution < -0.4 is 5.32 Å². The van der Waals surface area contributed by atoms with Crippen LogP contribution >= 0.6 is 0 Å². The van der Waals surface area contributed by atoms with E-state index in [1.165, 1.54) is 12.7 Å². The van der Waals surface area contributed by atoms with Gasteiger partial charge in [0.2, 0.25) is 0 Å². The highest BCUT2D eigenvalue weighted by Crippen LogP contribution is 2.06. The Morgan fingerprint density at radius 2 is 2.05 bits per heavy atom. The van der Waals surface area contributed by atoms with Crippen molar-refractivity contribution < 1.29 is 14.6 Å². The van der Waals surface area contributed by atoms with Crippen LogP contribution in [0.2, 0.25) is 0 Å². The van der Waals surface area contributed by atoms with Crippen molar-refractivity contribution in [3.8, 4) is 0 Å². The molecule has 0 fully saturated rings. The summed E-state index contributed by atoms with van der Waals surface area (Å²) in [5.74, 6) is -0.385. The molecule has 1 atom stereocenters. The van der Waals surface area contributed by atoms with E-state index < -0.39 is 0 Å². The number of esters is 1. The SMILES string of the molecule is COC(=O)c1ccc(CN[C@H](CO)Cc2ccccc2)[nH]1. The molecule has 112 valence electrons. The quantitative estimate of drug-likeness (QED) is 0.675. The lowest BCUT2D eigenvalue weighted by Gasteiger charge is -2.15. The first-order valence-electron chi connectivity index (χ1n) is 6.87. The molecule has 0 unspecified atom stereocenters. The Balaban J connectivity index is 1.88. The zero-order valence-electron chi connectivity index (χ0n) is 12.0. The predicted octanol–water partition coefficient (Wildman–Crippen LogP) is 1.49. The number of carbonyl (C=O) groups excluding carboxylic acids is 1. The fourth-order valence-electron chi connectivity index (χ4n) is 2.13. The summed E-state index contributed by atoms with van der Waals surface area (Å²) in [6, 6.07) is 13.5. The van der Waals surface area contributed by atoms with E-state index in [0.29, 0.717) is 12.2 Å². The van der Waals surface area contributed by atoms with E-state index in [2.05, 4.69) is 15.0 Å². The normalized spacial score (nSPS) is 12.1. The van der Waals surface area contributed by atoms with Gasteiger partial charge in [-0.1, -0.05) is 30.3 Å². The molecule has 0 amide bonds. The highest BCUT2D eigenvalue weighted by atomic mass is 16.5. The number of ether oxygens (including phenoxy) is 1. The van der Waals surface area contributed by atoms with E-state index in [4.69, 9.17) is 0 Å². The molecule has 0 radical (unpaired) electrons. The lowest BCUT2D eigenvalue weighted by Crippen LogP contribution is -2.34. The van der Waals surface area contributed by atoms with Crippen molar-refractivity contribution in [1.29, 1.82) is 0 Å². The molecule has 21 heavy (non-hydrogen) atoms. The van der Waals surface area contributed by atoms with Crippen molar-refractivity contribution in [2.75, 3.05) is 13.7 Å². The molecule has 0 aliphatic rings. The largest absolute Gasteiger partial charge is 0.464 e. The highest BCUT2D eigenvalue weighted by Gasteiger charge is 2.11. The van der Waals surface area contributed by atoms with Crippen LogP contribution in [0.1, 0.15) is 21.7 Å². The van der Waals surface area contributed by atoms with Gasteiger partial charge >= 0.3 is 5.97 Å². The average Bonchev–Trinajstić information content (AvgIpc) is 3.00. The zero-order valence-corrected chi connectivity index (χ0v) is 12.0. The Hall–Kier alpha value is -2.11. The number of H-pyrrole nitrogens is 1. The molecule has 3 N–H and O–H groups in total. The number of nitrogens with one attached hydrogen (secondary N) is 2. The molecular weight excluding hydrogens is 268 g/mol. The Kier molecular flexibility index (Phi) is 5.54. The summed E-state index contributed by atoms with van der Waals surface area (Å²) in [5.41, 5.74) is 2.48. The number of aromatic amines is 1. The molecule has 2 rings (SSSR count). The van der Waals surface area contributed by atoms with Gasteiger partial charge in [0.25, 0.3) is 0 Å². The maximum atomic E-state index is 11.3. The number of methoxy groups -OCH3 is 1. The minimum absolute atomic E-state index is 0.0303. The third-order valence-corrected chi connectivity index (χ3v) is 3.28. The van der Waals surface area contributed by atoms with Gasteiger partial charge in [-0.25, -0.2) is 4.79 Å². The van der Waals surface area contributed by atoms with Crippen LogP contribution in [-0.2, 0) is 17.7 Å². The lowest BCUT2D eigenvalue weighted by atomic mass is 10.1. The first-order valence-corrected chi connectivity index (χ1v) is 6.87. The van der Waals surface area contributed by atoms with Gasteiger partial charge in [0.05, 0.1) is 13.7 Å². The molecule has 5 heteroatoms. The van der Waals surface area contributed by atoms with Crippen LogP contribution in [0.4, 0.5) is 0 Å². The van der Waals surface area contributed by atoms with Crippen molar-refractivity contribution >= 4 is 5.97 Å². The zero-order chi connectivity index (χ0) is 15.1. The number of aromatic nitrogens is 1. The summed E-state index contributed by atoms with van der Waals surface area (Å²) >= 11 is 0.